The van der Waals surface area contributed by atoms with Crippen LogP contribution in [0.15, 0.2) is 36.4 Å². The van der Waals surface area contributed by atoms with E-state index in [4.69, 9.17) is 4.74 Å². The van der Waals surface area contributed by atoms with Crippen LogP contribution in [-0.4, -0.2) is 54.3 Å². The molecule has 158 valence electrons. The summed E-state index contributed by atoms with van der Waals surface area (Å²) < 4.78 is 5.58. The van der Waals surface area contributed by atoms with E-state index < -0.39 is 0 Å². The van der Waals surface area contributed by atoms with E-state index in [1.807, 2.05) is 36.9 Å². The average molecular weight is 407 g/mol. The van der Waals surface area contributed by atoms with Crippen molar-refractivity contribution in [1.82, 2.24) is 9.80 Å². The van der Waals surface area contributed by atoms with Crippen molar-refractivity contribution >= 4 is 11.7 Å². The van der Waals surface area contributed by atoms with E-state index in [9.17, 15) is 9.59 Å². The van der Waals surface area contributed by atoms with Gasteiger partial charge in [0.25, 0.3) is 0 Å². The lowest BCUT2D eigenvalue weighted by Crippen LogP contribution is -2.48. The molecule has 5 heteroatoms. The van der Waals surface area contributed by atoms with Crippen LogP contribution in [0.3, 0.4) is 0 Å². The molecule has 1 saturated heterocycles. The van der Waals surface area contributed by atoms with Crippen molar-refractivity contribution < 1.29 is 14.3 Å². The Labute approximate surface area is 178 Å². The molecule has 0 spiro atoms. The SMILES string of the molecule is Cc1ccc(C(=O)CCC(=O)N2CCN(Cc3ccc4c(c3)CCO4)CC2)cc1C. The van der Waals surface area contributed by atoms with Crippen molar-refractivity contribution in [1.29, 1.82) is 0 Å². The number of ketones is 1. The smallest absolute Gasteiger partial charge is 0.223 e. The first-order valence-electron chi connectivity index (χ1n) is 10.8. The normalized spacial score (nSPS) is 16.3. The summed E-state index contributed by atoms with van der Waals surface area (Å²) in [5.74, 6) is 1.15. The molecule has 0 aromatic heterocycles. The second-order valence-electron chi connectivity index (χ2n) is 8.42. The zero-order valence-corrected chi connectivity index (χ0v) is 17.9. The number of nitrogens with zero attached hydrogens (tertiary/aromatic N) is 2. The summed E-state index contributed by atoms with van der Waals surface area (Å²) in [6.45, 7) is 8.91. The van der Waals surface area contributed by atoms with Crippen molar-refractivity contribution in [3.63, 3.8) is 0 Å². The summed E-state index contributed by atoms with van der Waals surface area (Å²) in [5.41, 5.74) is 5.59. The molecular formula is C25H30N2O3. The molecule has 0 radical (unpaired) electrons. The second kappa shape index (κ2) is 9.00. The first kappa shape index (κ1) is 20.6. The number of benzene rings is 2. The maximum atomic E-state index is 12.6. The molecule has 30 heavy (non-hydrogen) atoms. The minimum absolute atomic E-state index is 0.0469. The van der Waals surface area contributed by atoms with E-state index in [2.05, 4.69) is 23.1 Å². The van der Waals surface area contributed by atoms with E-state index in [1.165, 1.54) is 16.7 Å². The number of piperazine rings is 1. The van der Waals surface area contributed by atoms with Crippen LogP contribution < -0.4 is 4.74 Å². The number of carbonyl (C=O) groups excluding carboxylic acids is 2. The number of hydrogen-bond donors (Lipinski definition) is 0. The minimum atomic E-state index is 0.0469. The molecule has 0 aliphatic carbocycles. The highest BCUT2D eigenvalue weighted by Gasteiger charge is 2.22. The molecular weight excluding hydrogens is 376 g/mol. The summed E-state index contributed by atoms with van der Waals surface area (Å²) in [6.07, 6.45) is 1.56. The Bertz CT molecular complexity index is 945. The van der Waals surface area contributed by atoms with Crippen LogP contribution in [0, 0.1) is 13.8 Å². The quantitative estimate of drug-likeness (QED) is 0.689. The standard InChI is InChI=1S/C25H30N2O3/c1-18-3-5-21(15-19(18)2)23(28)6-8-25(29)27-12-10-26(11-13-27)17-20-4-7-24-22(16-20)9-14-30-24/h3-5,7,15-16H,6,8-14,17H2,1-2H3. The minimum Gasteiger partial charge on any atom is -0.493 e. The Kier molecular flexibility index (Phi) is 6.18. The highest BCUT2D eigenvalue weighted by atomic mass is 16.5. The summed E-state index contributed by atoms with van der Waals surface area (Å²) in [5, 5.41) is 0. The predicted octanol–water partition coefficient (Wildman–Crippen LogP) is 3.55. The molecule has 2 aliphatic rings. The monoisotopic (exact) mass is 406 g/mol. The van der Waals surface area contributed by atoms with Gasteiger partial charge in [-0.1, -0.05) is 24.3 Å². The first-order valence-corrected chi connectivity index (χ1v) is 10.8. The number of ether oxygens (including phenoxy) is 1. The molecule has 2 aromatic rings. The van der Waals surface area contributed by atoms with Gasteiger partial charge in [0, 0.05) is 57.5 Å². The highest BCUT2D eigenvalue weighted by Crippen LogP contribution is 2.26. The summed E-state index contributed by atoms with van der Waals surface area (Å²) in [6, 6.07) is 12.2. The number of aryl methyl sites for hydroxylation is 2. The Morgan fingerprint density at radius 3 is 2.50 bits per heavy atom. The molecule has 2 aliphatic heterocycles. The van der Waals surface area contributed by atoms with Gasteiger partial charge in [-0.2, -0.15) is 0 Å². The molecule has 0 atom stereocenters. The Hall–Kier alpha value is -2.66. The molecule has 1 fully saturated rings. The highest BCUT2D eigenvalue weighted by molar-refractivity contribution is 5.98. The lowest BCUT2D eigenvalue weighted by molar-refractivity contribution is -0.132. The van der Waals surface area contributed by atoms with Crippen molar-refractivity contribution in [3.05, 3.63) is 64.2 Å². The van der Waals surface area contributed by atoms with Gasteiger partial charge < -0.3 is 9.64 Å². The predicted molar refractivity (Wildman–Crippen MR) is 117 cm³/mol. The van der Waals surface area contributed by atoms with Gasteiger partial charge in [0.05, 0.1) is 6.61 Å². The molecule has 2 aromatic carbocycles. The lowest BCUT2D eigenvalue weighted by Gasteiger charge is -2.34. The molecule has 0 bridgehead atoms. The third kappa shape index (κ3) is 4.73. The molecule has 0 saturated carbocycles. The molecule has 2 heterocycles. The largest absolute Gasteiger partial charge is 0.493 e. The fourth-order valence-electron chi connectivity index (χ4n) is 4.19. The Morgan fingerprint density at radius 2 is 1.73 bits per heavy atom. The van der Waals surface area contributed by atoms with Gasteiger partial charge in [-0.3, -0.25) is 14.5 Å². The fraction of sp³-hybridized carbons (Fsp3) is 0.440. The third-order valence-electron chi connectivity index (χ3n) is 6.28. The average Bonchev–Trinajstić information content (AvgIpc) is 3.22. The van der Waals surface area contributed by atoms with Gasteiger partial charge in [-0.15, -0.1) is 0 Å². The van der Waals surface area contributed by atoms with E-state index in [0.717, 1.165) is 57.1 Å². The van der Waals surface area contributed by atoms with Crippen LogP contribution in [0.1, 0.15) is 45.5 Å². The summed E-state index contributed by atoms with van der Waals surface area (Å²) in [4.78, 5) is 29.3. The number of rotatable bonds is 6. The van der Waals surface area contributed by atoms with Crippen molar-refractivity contribution in [3.8, 4) is 5.75 Å². The summed E-state index contributed by atoms with van der Waals surface area (Å²) in [7, 11) is 0. The Morgan fingerprint density at radius 1 is 0.933 bits per heavy atom. The number of Topliss-reactive ketones (excluding diaryl/α,β-unsaturated/α-hetero) is 1. The van der Waals surface area contributed by atoms with Crippen LogP contribution in [0.2, 0.25) is 0 Å². The van der Waals surface area contributed by atoms with Gasteiger partial charge in [-0.25, -0.2) is 0 Å². The fourth-order valence-corrected chi connectivity index (χ4v) is 4.19. The zero-order chi connectivity index (χ0) is 21.1. The van der Waals surface area contributed by atoms with Crippen LogP contribution in [0.25, 0.3) is 0 Å². The maximum absolute atomic E-state index is 12.6. The number of carbonyl (C=O) groups is 2. The van der Waals surface area contributed by atoms with Gasteiger partial charge in [-0.05, 0) is 48.2 Å². The second-order valence-corrected chi connectivity index (χ2v) is 8.42. The van der Waals surface area contributed by atoms with Gasteiger partial charge >= 0.3 is 0 Å². The molecule has 5 nitrogen and oxygen atoms in total. The lowest BCUT2D eigenvalue weighted by atomic mass is 10.0. The first-order chi connectivity index (χ1) is 14.5. The van der Waals surface area contributed by atoms with Crippen molar-refractivity contribution in [2.45, 2.75) is 39.7 Å². The number of hydrogen-bond acceptors (Lipinski definition) is 4. The van der Waals surface area contributed by atoms with Crippen LogP contribution in [0.5, 0.6) is 5.75 Å². The molecule has 1 amide bonds. The maximum Gasteiger partial charge on any atom is 0.223 e. The van der Waals surface area contributed by atoms with E-state index >= 15 is 0 Å². The van der Waals surface area contributed by atoms with Crippen LogP contribution in [-0.2, 0) is 17.8 Å². The van der Waals surface area contributed by atoms with E-state index in [-0.39, 0.29) is 24.5 Å². The summed E-state index contributed by atoms with van der Waals surface area (Å²) >= 11 is 0. The zero-order valence-electron chi connectivity index (χ0n) is 17.9. The van der Waals surface area contributed by atoms with Crippen LogP contribution in [0.4, 0.5) is 0 Å². The Balaban J connectivity index is 1.23. The van der Waals surface area contributed by atoms with E-state index in [1.54, 1.807) is 0 Å². The molecule has 0 unspecified atom stereocenters. The van der Waals surface area contributed by atoms with Gasteiger partial charge in [0.2, 0.25) is 5.91 Å². The van der Waals surface area contributed by atoms with Gasteiger partial charge in [0.15, 0.2) is 5.78 Å². The number of amides is 1. The van der Waals surface area contributed by atoms with Crippen molar-refractivity contribution in [2.24, 2.45) is 0 Å². The number of fused-ring (bicyclic) bond motifs is 1. The van der Waals surface area contributed by atoms with Crippen molar-refractivity contribution in [2.75, 3.05) is 32.8 Å². The molecule has 4 rings (SSSR count). The molecule has 0 N–H and O–H groups in total. The van der Waals surface area contributed by atoms with E-state index in [0.29, 0.717) is 5.56 Å². The topological polar surface area (TPSA) is 49.9 Å². The van der Waals surface area contributed by atoms with Crippen LogP contribution >= 0.6 is 0 Å². The third-order valence-corrected chi connectivity index (χ3v) is 6.28. The van der Waals surface area contributed by atoms with Gasteiger partial charge in [0.1, 0.15) is 5.75 Å².